The van der Waals surface area contributed by atoms with E-state index in [0.717, 1.165) is 0 Å². The summed E-state index contributed by atoms with van der Waals surface area (Å²) < 4.78 is 20.2. The van der Waals surface area contributed by atoms with E-state index in [9.17, 15) is 14.9 Å². The van der Waals surface area contributed by atoms with Gasteiger partial charge in [0.15, 0.2) is 17.8 Å². The average molecular weight is 298 g/mol. The van der Waals surface area contributed by atoms with Crippen LogP contribution in [0.4, 0.5) is 4.79 Å². The standard InChI is InChI=1S/C9H12ClNO8/c1-4(10)17-9(12)18-5-2-15-8-6(19-11(13)14)3-16-7(5)8/h4-8H,2-3H2,1H3/t4-,5-,6+,7+,8+/m0/s1. The number of carbonyl (C=O) groups excluding carboxylic acids is 1. The van der Waals surface area contributed by atoms with E-state index >= 15 is 0 Å². The fraction of sp³-hybridized carbons (Fsp3) is 0.889. The summed E-state index contributed by atoms with van der Waals surface area (Å²) in [6.07, 6.45) is -3.72. The van der Waals surface area contributed by atoms with Gasteiger partial charge in [-0.15, -0.1) is 10.1 Å². The maximum Gasteiger partial charge on any atom is 0.510 e. The van der Waals surface area contributed by atoms with Crippen LogP contribution in [-0.2, 0) is 23.8 Å². The van der Waals surface area contributed by atoms with Crippen LogP contribution < -0.4 is 0 Å². The van der Waals surface area contributed by atoms with Crippen LogP contribution in [0, 0.1) is 10.1 Å². The summed E-state index contributed by atoms with van der Waals surface area (Å²) in [6, 6.07) is 0. The molecule has 2 rings (SSSR count). The number of alkyl halides is 1. The average Bonchev–Trinajstić information content (AvgIpc) is 2.81. The fourth-order valence-electron chi connectivity index (χ4n) is 2.02. The first kappa shape index (κ1) is 14.1. The highest BCUT2D eigenvalue weighted by Gasteiger charge is 2.51. The molecule has 2 fully saturated rings. The third kappa shape index (κ3) is 3.37. The minimum atomic E-state index is -0.945. The van der Waals surface area contributed by atoms with Crippen molar-refractivity contribution in [2.45, 2.75) is 36.9 Å². The van der Waals surface area contributed by atoms with E-state index in [1.807, 2.05) is 0 Å². The Kier molecular flexibility index (Phi) is 4.27. The van der Waals surface area contributed by atoms with Crippen molar-refractivity contribution in [1.82, 2.24) is 0 Å². The predicted molar refractivity (Wildman–Crippen MR) is 58.0 cm³/mol. The molecule has 5 atom stereocenters. The van der Waals surface area contributed by atoms with Gasteiger partial charge in [0.2, 0.25) is 0 Å². The number of fused-ring (bicyclic) bond motifs is 1. The zero-order valence-corrected chi connectivity index (χ0v) is 10.6. The molecule has 0 aliphatic carbocycles. The summed E-state index contributed by atoms with van der Waals surface area (Å²) in [5, 5.41) is 9.37. The lowest BCUT2D eigenvalue weighted by Gasteiger charge is -2.16. The molecule has 0 amide bonds. The minimum Gasteiger partial charge on any atom is -0.426 e. The summed E-state index contributed by atoms with van der Waals surface area (Å²) in [5.74, 6) is 0. The Morgan fingerprint density at radius 1 is 1.37 bits per heavy atom. The van der Waals surface area contributed by atoms with E-state index in [1.54, 1.807) is 0 Å². The smallest absolute Gasteiger partial charge is 0.426 e. The molecule has 2 saturated heterocycles. The van der Waals surface area contributed by atoms with Gasteiger partial charge in [0.25, 0.3) is 5.09 Å². The third-order valence-corrected chi connectivity index (χ3v) is 2.78. The molecule has 10 heteroatoms. The Morgan fingerprint density at radius 3 is 2.53 bits per heavy atom. The second-order valence-corrected chi connectivity index (χ2v) is 4.65. The molecular weight excluding hydrogens is 286 g/mol. The number of nitrogens with zero attached hydrogens (tertiary/aromatic N) is 1. The zero-order valence-electron chi connectivity index (χ0n) is 9.89. The summed E-state index contributed by atoms with van der Waals surface area (Å²) in [4.78, 5) is 26.0. The van der Waals surface area contributed by atoms with E-state index < -0.39 is 41.2 Å². The molecule has 0 unspecified atom stereocenters. The number of rotatable bonds is 4. The SMILES string of the molecule is C[C@@H](Cl)OC(=O)O[C@H]1CO[C@H]2[C@@H]1OC[C@H]2O[N+](=O)[O-]. The van der Waals surface area contributed by atoms with Crippen molar-refractivity contribution < 1.29 is 33.7 Å². The van der Waals surface area contributed by atoms with Crippen LogP contribution in [0.1, 0.15) is 6.92 Å². The lowest BCUT2D eigenvalue weighted by Crippen LogP contribution is -2.36. The largest absolute Gasteiger partial charge is 0.510 e. The second-order valence-electron chi connectivity index (χ2n) is 4.03. The van der Waals surface area contributed by atoms with Crippen molar-refractivity contribution in [2.75, 3.05) is 13.2 Å². The van der Waals surface area contributed by atoms with Crippen LogP contribution in [-0.4, -0.2) is 54.4 Å². The lowest BCUT2D eigenvalue weighted by atomic mass is 10.1. The molecule has 0 radical (unpaired) electrons. The van der Waals surface area contributed by atoms with Gasteiger partial charge in [-0.25, -0.2) is 4.79 Å². The highest BCUT2D eigenvalue weighted by Crippen LogP contribution is 2.30. The van der Waals surface area contributed by atoms with Gasteiger partial charge < -0.3 is 23.8 Å². The monoisotopic (exact) mass is 297 g/mol. The first-order valence-electron chi connectivity index (χ1n) is 5.53. The number of hydrogen-bond acceptors (Lipinski definition) is 8. The minimum absolute atomic E-state index is 0.00285. The molecule has 0 saturated carbocycles. The van der Waals surface area contributed by atoms with Gasteiger partial charge in [-0.1, -0.05) is 11.6 Å². The Balaban J connectivity index is 1.87. The highest BCUT2D eigenvalue weighted by atomic mass is 35.5. The predicted octanol–water partition coefficient (Wildman–Crippen LogP) is 0.468. The fourth-order valence-corrected chi connectivity index (χ4v) is 2.09. The van der Waals surface area contributed by atoms with Crippen LogP contribution in [0.2, 0.25) is 0 Å². The summed E-state index contributed by atoms with van der Waals surface area (Å²) in [5.41, 5.74) is -0.819. The second kappa shape index (κ2) is 5.76. The van der Waals surface area contributed by atoms with Crippen molar-refractivity contribution in [3.05, 3.63) is 10.1 Å². The maximum absolute atomic E-state index is 11.3. The first-order chi connectivity index (χ1) is 8.97. The topological polar surface area (TPSA) is 106 Å². The molecule has 2 aliphatic heterocycles. The molecule has 19 heavy (non-hydrogen) atoms. The Morgan fingerprint density at radius 2 is 1.95 bits per heavy atom. The first-order valence-corrected chi connectivity index (χ1v) is 5.96. The van der Waals surface area contributed by atoms with E-state index in [-0.39, 0.29) is 13.2 Å². The summed E-state index contributed by atoms with van der Waals surface area (Å²) in [7, 11) is 0. The number of carbonyl (C=O) groups is 1. The van der Waals surface area contributed by atoms with Crippen LogP contribution in [0.5, 0.6) is 0 Å². The number of ether oxygens (including phenoxy) is 4. The maximum atomic E-state index is 11.3. The van der Waals surface area contributed by atoms with Crippen molar-refractivity contribution in [2.24, 2.45) is 0 Å². The quantitative estimate of drug-likeness (QED) is 0.319. The molecule has 0 N–H and O–H groups in total. The molecule has 0 spiro atoms. The van der Waals surface area contributed by atoms with Gasteiger partial charge >= 0.3 is 6.16 Å². The van der Waals surface area contributed by atoms with Crippen LogP contribution >= 0.6 is 11.6 Å². The molecule has 0 aromatic heterocycles. The molecule has 0 aromatic rings. The molecule has 108 valence electrons. The molecule has 2 aliphatic rings. The van der Waals surface area contributed by atoms with Gasteiger partial charge in [-0.3, -0.25) is 0 Å². The molecule has 0 bridgehead atoms. The zero-order chi connectivity index (χ0) is 14.0. The number of halogens is 1. The Hall–Kier alpha value is -1.32. The third-order valence-electron chi connectivity index (χ3n) is 2.69. The van der Waals surface area contributed by atoms with E-state index in [1.165, 1.54) is 6.92 Å². The summed E-state index contributed by atoms with van der Waals surface area (Å²) in [6.45, 7) is 1.51. The Bertz CT molecular complexity index is 364. The van der Waals surface area contributed by atoms with Gasteiger partial charge in [0.1, 0.15) is 12.2 Å². The number of hydrogen-bond donors (Lipinski definition) is 0. The lowest BCUT2D eigenvalue weighted by molar-refractivity contribution is -0.769. The molecule has 2 heterocycles. The van der Waals surface area contributed by atoms with Crippen molar-refractivity contribution in [3.8, 4) is 0 Å². The van der Waals surface area contributed by atoms with Crippen LogP contribution in [0.15, 0.2) is 0 Å². The van der Waals surface area contributed by atoms with Gasteiger partial charge in [-0.2, -0.15) is 0 Å². The summed E-state index contributed by atoms with van der Waals surface area (Å²) >= 11 is 5.47. The van der Waals surface area contributed by atoms with Gasteiger partial charge in [0.05, 0.1) is 13.2 Å². The normalized spacial score (nSPS) is 34.4. The molecule has 0 aromatic carbocycles. The van der Waals surface area contributed by atoms with Crippen molar-refractivity contribution >= 4 is 17.8 Å². The van der Waals surface area contributed by atoms with E-state index in [2.05, 4.69) is 9.57 Å². The highest BCUT2D eigenvalue weighted by molar-refractivity contribution is 6.19. The van der Waals surface area contributed by atoms with E-state index in [4.69, 9.17) is 25.8 Å². The van der Waals surface area contributed by atoms with Crippen molar-refractivity contribution in [1.29, 1.82) is 0 Å². The van der Waals surface area contributed by atoms with Gasteiger partial charge in [0, 0.05) is 0 Å². The van der Waals surface area contributed by atoms with Crippen LogP contribution in [0.25, 0.3) is 0 Å². The van der Waals surface area contributed by atoms with Crippen LogP contribution in [0.3, 0.4) is 0 Å². The Labute approximate surface area is 112 Å². The van der Waals surface area contributed by atoms with Crippen molar-refractivity contribution in [3.63, 3.8) is 0 Å². The van der Waals surface area contributed by atoms with E-state index in [0.29, 0.717) is 0 Å². The van der Waals surface area contributed by atoms with Gasteiger partial charge in [-0.05, 0) is 6.92 Å². The molecular formula is C9H12ClNO8. The molecule has 9 nitrogen and oxygen atoms in total.